The third-order valence-corrected chi connectivity index (χ3v) is 16.0. The van der Waals surface area contributed by atoms with Gasteiger partial charge in [-0.05, 0) is 94.3 Å². The minimum Gasteiger partial charge on any atom is -0.460 e. The van der Waals surface area contributed by atoms with E-state index in [1.165, 1.54) is 61.8 Å². The zero-order chi connectivity index (χ0) is 53.6. The van der Waals surface area contributed by atoms with Crippen LogP contribution in [0.25, 0.3) is 51.4 Å². The highest BCUT2D eigenvalue weighted by molar-refractivity contribution is 7.19. The van der Waals surface area contributed by atoms with Crippen molar-refractivity contribution in [1.82, 2.24) is 0 Å². The second-order valence-corrected chi connectivity index (χ2v) is 21.4. The molecule has 0 fully saturated rings. The monoisotopic (exact) mass is 1050 g/mol. The van der Waals surface area contributed by atoms with Gasteiger partial charge in [0, 0.05) is 68.9 Å². The van der Waals surface area contributed by atoms with Crippen LogP contribution in [0.2, 0.25) is 0 Å². The summed E-state index contributed by atoms with van der Waals surface area (Å²) in [6.45, 7) is 52.1. The molecule has 0 saturated carbocycles. The molecule has 0 amide bonds. The molecule has 10 heterocycles. The number of furan rings is 5. The maximum Gasteiger partial charge on any atom is 0.148 e. The molecule has 10 heteroatoms. The number of thiophene rings is 5. The lowest BCUT2D eigenvalue weighted by atomic mass is 9.91. The Morgan fingerprint density at radius 3 is 1.26 bits per heavy atom. The van der Waals surface area contributed by atoms with Crippen molar-refractivity contribution in [2.24, 2.45) is 0 Å². The van der Waals surface area contributed by atoms with Crippen molar-refractivity contribution in [3.05, 3.63) is 113 Å². The lowest BCUT2D eigenvalue weighted by molar-refractivity contribution is 0.426. The van der Waals surface area contributed by atoms with Gasteiger partial charge in [-0.15, -0.1) is 56.7 Å². The van der Waals surface area contributed by atoms with Gasteiger partial charge < -0.3 is 22.1 Å². The number of rotatable bonds is 4. The van der Waals surface area contributed by atoms with Gasteiger partial charge in [0.15, 0.2) is 0 Å². The maximum atomic E-state index is 5.81. The fraction of sp³-hybridized carbons (Fsp3) is 0.500. The van der Waals surface area contributed by atoms with Gasteiger partial charge in [0.2, 0.25) is 0 Å². The van der Waals surface area contributed by atoms with E-state index < -0.39 is 0 Å². The molecule has 0 aliphatic rings. The second kappa shape index (κ2) is 31.6. The molecule has 0 saturated heterocycles. The minimum absolute atomic E-state index is 0.114. The van der Waals surface area contributed by atoms with Crippen LogP contribution in [-0.4, -0.2) is 0 Å². The van der Waals surface area contributed by atoms with E-state index in [-0.39, 0.29) is 5.41 Å². The van der Waals surface area contributed by atoms with E-state index in [0.717, 1.165) is 76.0 Å². The number of aryl methyl sites for hydroxylation is 10. The van der Waals surface area contributed by atoms with Gasteiger partial charge in [0.1, 0.15) is 56.7 Å². The predicted molar refractivity (Wildman–Crippen MR) is 321 cm³/mol. The molecule has 0 spiro atoms. The van der Waals surface area contributed by atoms with Crippen molar-refractivity contribution in [3.8, 4) is 0 Å². The van der Waals surface area contributed by atoms with E-state index in [9.17, 15) is 0 Å². The lowest BCUT2D eigenvalue weighted by Gasteiger charge is -2.15. The van der Waals surface area contributed by atoms with E-state index >= 15 is 0 Å². The van der Waals surface area contributed by atoms with Crippen molar-refractivity contribution in [3.63, 3.8) is 0 Å². The summed E-state index contributed by atoms with van der Waals surface area (Å²) in [5.41, 5.74) is 13.2. The molecule has 5 nitrogen and oxygen atoms in total. The maximum absolute atomic E-state index is 5.81. The van der Waals surface area contributed by atoms with Crippen LogP contribution >= 0.6 is 56.7 Å². The zero-order valence-corrected chi connectivity index (χ0v) is 52.0. The van der Waals surface area contributed by atoms with Gasteiger partial charge in [-0.3, -0.25) is 0 Å². The molecule has 0 aliphatic carbocycles. The van der Waals surface area contributed by atoms with Gasteiger partial charge in [-0.2, -0.15) is 0 Å². The molecule has 10 aromatic rings. The Morgan fingerprint density at radius 1 is 0.457 bits per heavy atom. The van der Waals surface area contributed by atoms with Crippen LogP contribution in [0.3, 0.4) is 0 Å². The van der Waals surface area contributed by atoms with Crippen molar-refractivity contribution in [1.29, 1.82) is 0 Å². The van der Waals surface area contributed by atoms with Crippen LogP contribution in [-0.2, 0) is 24.7 Å². The highest BCUT2D eigenvalue weighted by Crippen LogP contribution is 2.38. The van der Waals surface area contributed by atoms with Crippen molar-refractivity contribution in [2.45, 2.75) is 204 Å². The minimum atomic E-state index is 0.114. The molecular formula is C60H90O5S5. The van der Waals surface area contributed by atoms with Crippen molar-refractivity contribution in [2.75, 3.05) is 0 Å². The summed E-state index contributed by atoms with van der Waals surface area (Å²) in [4.78, 5) is 1.33. The third-order valence-electron chi connectivity index (χ3n) is 10.6. The molecule has 0 aromatic carbocycles. The molecule has 0 radical (unpaired) electrons. The van der Waals surface area contributed by atoms with E-state index in [1.807, 2.05) is 98.8 Å². The van der Waals surface area contributed by atoms with Crippen molar-refractivity contribution >= 4 is 108 Å². The zero-order valence-electron chi connectivity index (χ0n) is 47.9. The van der Waals surface area contributed by atoms with Gasteiger partial charge in [0.05, 0.1) is 23.5 Å². The summed E-state index contributed by atoms with van der Waals surface area (Å²) >= 11 is 8.88. The molecule has 0 unspecified atom stereocenters. The standard InChI is InChI=1S/C11H14OS.3C10H12OS.C9H10OS.5C2H6/c1-7-9-8(5-6-13-9)12-10(7)11(2,3)4;1-6(2)9-7(3)10-8(11-9)4-5-12-10;1-4-8-7(3)10-9(11-8)6(2)5-12-10;1-4-8-7(3)10-9(11-8)5-6(2)12-10;1-3-7-6(2)9-8(10-7)4-5-11-9;5*1-2/h5-6H,1-4H3;4-6H,1-3H3;2*5H,4H2,1-3H3;4-5H,3H2,1-2H3;5*1-2H3. The summed E-state index contributed by atoms with van der Waals surface area (Å²) in [6, 6.07) is 8.24. The Morgan fingerprint density at radius 2 is 0.857 bits per heavy atom. The largest absolute Gasteiger partial charge is 0.460 e. The topological polar surface area (TPSA) is 65.7 Å². The molecule has 10 aromatic heterocycles. The average molecular weight is 1050 g/mol. The van der Waals surface area contributed by atoms with Gasteiger partial charge in [-0.1, -0.05) is 125 Å². The first-order chi connectivity index (χ1) is 33.5. The Labute approximate surface area is 443 Å². The molecule has 390 valence electrons. The molecule has 0 aliphatic heterocycles. The Hall–Kier alpha value is -3.80. The first-order valence-corrected chi connectivity index (χ1v) is 30.2. The first-order valence-electron chi connectivity index (χ1n) is 25.8. The van der Waals surface area contributed by atoms with Crippen LogP contribution in [0.5, 0.6) is 0 Å². The summed E-state index contributed by atoms with van der Waals surface area (Å²) in [7, 11) is 0. The van der Waals surface area contributed by atoms with E-state index in [2.05, 4.69) is 131 Å². The smallest absolute Gasteiger partial charge is 0.148 e. The summed E-state index contributed by atoms with van der Waals surface area (Å²) < 4.78 is 35.1. The third kappa shape index (κ3) is 15.8. The van der Waals surface area contributed by atoms with E-state index in [0.29, 0.717) is 5.92 Å². The summed E-state index contributed by atoms with van der Waals surface area (Å²) in [6.07, 6.45) is 2.98. The predicted octanol–water partition coefficient (Wildman–Crippen LogP) is 23.9. The highest BCUT2D eigenvalue weighted by atomic mass is 32.1. The molecule has 0 bridgehead atoms. The number of hydrogen-bond acceptors (Lipinski definition) is 10. The average Bonchev–Trinajstić information content (AvgIpc) is 4.23. The summed E-state index contributed by atoms with van der Waals surface area (Å²) in [5, 5.41) is 8.38. The highest BCUT2D eigenvalue weighted by Gasteiger charge is 2.23. The van der Waals surface area contributed by atoms with Crippen LogP contribution in [0.15, 0.2) is 67.9 Å². The normalized spacial score (nSPS) is 10.4. The van der Waals surface area contributed by atoms with E-state index in [4.69, 9.17) is 22.1 Å². The summed E-state index contributed by atoms with van der Waals surface area (Å²) in [5.74, 6) is 6.15. The van der Waals surface area contributed by atoms with Crippen LogP contribution in [0.1, 0.15) is 198 Å². The van der Waals surface area contributed by atoms with Gasteiger partial charge in [-0.25, -0.2) is 0 Å². The Kier molecular flexibility index (Phi) is 29.0. The Balaban J connectivity index is 0.000000418. The Bertz CT molecular complexity index is 2940. The molecular weight excluding hydrogens is 961 g/mol. The van der Waals surface area contributed by atoms with Gasteiger partial charge >= 0.3 is 0 Å². The van der Waals surface area contributed by atoms with Gasteiger partial charge in [0.25, 0.3) is 0 Å². The molecule has 0 N–H and O–H groups in total. The van der Waals surface area contributed by atoms with Crippen molar-refractivity contribution < 1.29 is 22.1 Å². The first kappa shape index (κ1) is 64.2. The van der Waals surface area contributed by atoms with Crippen LogP contribution in [0, 0.1) is 48.5 Å². The fourth-order valence-electron chi connectivity index (χ4n) is 7.47. The molecule has 70 heavy (non-hydrogen) atoms. The van der Waals surface area contributed by atoms with Crippen LogP contribution in [0.4, 0.5) is 0 Å². The quantitative estimate of drug-likeness (QED) is 0.176. The SMILES string of the molecule is CC.CC.CC.CC.CC.CCc1oc2c(C)csc2c1C.CCc1oc2cc(C)sc2c1C.CCc1oc2ccsc2c1C.Cc1c(C(C)(C)C)oc2ccsc12.Cc1c(C(C)C)oc2ccsc12. The number of hydrogen-bond donors (Lipinski definition) is 0. The molecule has 10 rings (SSSR count). The lowest BCUT2D eigenvalue weighted by Crippen LogP contribution is -2.10. The number of fused-ring (bicyclic) bond motifs is 5. The second-order valence-electron chi connectivity index (χ2n) is 16.5. The van der Waals surface area contributed by atoms with E-state index in [1.54, 1.807) is 45.3 Å². The fourth-order valence-corrected chi connectivity index (χ4v) is 11.9. The van der Waals surface area contributed by atoms with Crippen LogP contribution < -0.4 is 0 Å². The molecule has 0 atom stereocenters.